The van der Waals surface area contributed by atoms with Gasteiger partial charge in [-0.3, -0.25) is 24.0 Å². The van der Waals surface area contributed by atoms with Gasteiger partial charge in [0.25, 0.3) is 11.8 Å². The highest BCUT2D eigenvalue weighted by atomic mass is 16.5. The number of likely N-dealkylation sites (tertiary alicyclic amines) is 1. The molecule has 1 fully saturated rings. The van der Waals surface area contributed by atoms with E-state index in [1.165, 1.54) is 18.4 Å². The summed E-state index contributed by atoms with van der Waals surface area (Å²) in [6.07, 6.45) is 8.76. The molecule has 0 radical (unpaired) electrons. The van der Waals surface area contributed by atoms with Gasteiger partial charge in [-0.1, -0.05) is 54.6 Å². The van der Waals surface area contributed by atoms with E-state index in [0.717, 1.165) is 82.5 Å². The number of nitrogens with zero attached hydrogens (tertiary/aromatic N) is 7. The molecular formula is C53H59N7O4. The maximum Gasteiger partial charge on any atom is 0.264 e. The van der Waals surface area contributed by atoms with Crippen LogP contribution in [0.4, 0.5) is 11.4 Å². The number of aryl methyl sites for hydroxylation is 1. The molecule has 0 aliphatic carbocycles. The van der Waals surface area contributed by atoms with Crippen LogP contribution in [0.3, 0.4) is 0 Å². The summed E-state index contributed by atoms with van der Waals surface area (Å²) < 4.78 is 9.82. The third-order valence-corrected chi connectivity index (χ3v) is 13.8. The lowest BCUT2D eigenvalue weighted by Crippen LogP contribution is -2.43. The Labute approximate surface area is 376 Å². The first-order valence-corrected chi connectivity index (χ1v) is 22.8. The molecule has 1 saturated heterocycles. The molecule has 1 atom stereocenters. The normalized spacial score (nSPS) is 16.6. The fourth-order valence-corrected chi connectivity index (χ4v) is 9.78. The van der Waals surface area contributed by atoms with Gasteiger partial charge in [-0.15, -0.1) is 0 Å². The number of hydrogen-bond acceptors (Lipinski definition) is 6. The van der Waals surface area contributed by atoms with Crippen molar-refractivity contribution in [1.82, 2.24) is 29.0 Å². The van der Waals surface area contributed by atoms with Crippen LogP contribution in [0.2, 0.25) is 0 Å². The zero-order valence-corrected chi connectivity index (χ0v) is 37.8. The van der Waals surface area contributed by atoms with Crippen LogP contribution in [0.5, 0.6) is 5.75 Å². The minimum absolute atomic E-state index is 0.0217. The predicted octanol–water partition coefficient (Wildman–Crippen LogP) is 8.54. The zero-order chi connectivity index (χ0) is 44.5. The molecule has 11 heteroatoms. The van der Waals surface area contributed by atoms with Gasteiger partial charge in [0.1, 0.15) is 5.75 Å². The number of anilines is 2. The highest BCUT2D eigenvalue weighted by Gasteiger charge is 2.33. The molecule has 0 unspecified atom stereocenters. The van der Waals surface area contributed by atoms with Crippen molar-refractivity contribution in [2.45, 2.75) is 71.5 Å². The molecule has 0 bridgehead atoms. The summed E-state index contributed by atoms with van der Waals surface area (Å²) in [4.78, 5) is 51.7. The van der Waals surface area contributed by atoms with Crippen molar-refractivity contribution in [3.63, 3.8) is 0 Å². The van der Waals surface area contributed by atoms with Crippen molar-refractivity contribution in [3.05, 3.63) is 154 Å². The number of rotatable bonds is 11. The van der Waals surface area contributed by atoms with E-state index in [9.17, 15) is 9.59 Å². The molecule has 4 aromatic carbocycles. The summed E-state index contributed by atoms with van der Waals surface area (Å²) in [5.74, 6) is 1.35. The van der Waals surface area contributed by atoms with Gasteiger partial charge in [0.05, 0.1) is 30.5 Å². The Morgan fingerprint density at radius 2 is 1.52 bits per heavy atom. The van der Waals surface area contributed by atoms with Gasteiger partial charge in [-0.25, -0.2) is 0 Å². The molecule has 11 nitrogen and oxygen atoms in total. The molecule has 330 valence electrons. The summed E-state index contributed by atoms with van der Waals surface area (Å²) in [7, 11) is 5.98. The molecule has 3 aliphatic heterocycles. The standard InChI is InChI=1S/C53H59N7O4/c1-36-27-40-11-9-10-12-42(40)34-59(36)52(62)49-30-43-33-58(51(61)28-39-15-17-46(18-16-39)64-26-22-38-19-23-55(3)24-20-38)25-21-41(43)29-48(49)50-31-47(37(2)57(50)5)53(63)60(44-13-7-6-8-14-44)45-32-54-56(4)35-45/h6-18,29-32,35-36,38H,19-28,33-34H2,1-5H3/t36-/m1/s1. The topological polar surface area (TPSA) is 96.2 Å². The molecular weight excluding hydrogens is 799 g/mol. The van der Waals surface area contributed by atoms with Crippen molar-refractivity contribution in [3.8, 4) is 17.0 Å². The number of ether oxygens (including phenoxy) is 1. The summed E-state index contributed by atoms with van der Waals surface area (Å²) in [5.41, 5.74) is 10.3. The van der Waals surface area contributed by atoms with E-state index in [-0.39, 0.29) is 30.2 Å². The Morgan fingerprint density at radius 3 is 2.25 bits per heavy atom. The molecule has 9 rings (SSSR count). The largest absolute Gasteiger partial charge is 0.494 e. The van der Waals surface area contributed by atoms with Gasteiger partial charge in [0.2, 0.25) is 5.91 Å². The quantitative estimate of drug-likeness (QED) is 0.130. The van der Waals surface area contributed by atoms with Crippen LogP contribution in [-0.2, 0) is 51.2 Å². The minimum Gasteiger partial charge on any atom is -0.494 e. The number of hydrogen-bond donors (Lipinski definition) is 0. The number of aromatic nitrogens is 3. The maximum atomic E-state index is 15.1. The molecule has 6 aromatic rings. The Hall–Kier alpha value is -6.46. The van der Waals surface area contributed by atoms with Crippen LogP contribution >= 0.6 is 0 Å². The number of amides is 3. The van der Waals surface area contributed by atoms with Gasteiger partial charge in [0.15, 0.2) is 0 Å². The van der Waals surface area contributed by atoms with Crippen molar-refractivity contribution in [2.24, 2.45) is 20.0 Å². The molecule has 0 N–H and O–H groups in total. The molecule has 0 saturated carbocycles. The number of fused-ring (bicyclic) bond motifs is 2. The first-order chi connectivity index (χ1) is 31.0. The Balaban J connectivity index is 0.990. The van der Waals surface area contributed by atoms with Crippen molar-refractivity contribution in [2.75, 3.05) is 38.2 Å². The smallest absolute Gasteiger partial charge is 0.264 e. The second-order valence-electron chi connectivity index (χ2n) is 18.1. The lowest BCUT2D eigenvalue weighted by molar-refractivity contribution is -0.131. The first kappa shape index (κ1) is 42.8. The van der Waals surface area contributed by atoms with Crippen LogP contribution in [0.1, 0.15) is 80.4 Å². The number of benzene rings is 4. The second-order valence-corrected chi connectivity index (χ2v) is 18.1. The van der Waals surface area contributed by atoms with Crippen LogP contribution in [-0.4, -0.2) is 86.1 Å². The number of para-hydroxylation sites is 1. The van der Waals surface area contributed by atoms with Crippen LogP contribution in [0.15, 0.2) is 109 Å². The lowest BCUT2D eigenvalue weighted by Gasteiger charge is -2.36. The van der Waals surface area contributed by atoms with Crippen molar-refractivity contribution >= 4 is 29.1 Å². The van der Waals surface area contributed by atoms with Crippen LogP contribution in [0.25, 0.3) is 11.3 Å². The molecule has 64 heavy (non-hydrogen) atoms. The van der Waals surface area contributed by atoms with E-state index in [1.54, 1.807) is 15.8 Å². The van der Waals surface area contributed by atoms with E-state index in [4.69, 9.17) is 4.74 Å². The van der Waals surface area contributed by atoms with Gasteiger partial charge in [-0.2, -0.15) is 5.10 Å². The predicted molar refractivity (Wildman–Crippen MR) is 251 cm³/mol. The summed E-state index contributed by atoms with van der Waals surface area (Å²) in [6, 6.07) is 32.0. The highest BCUT2D eigenvalue weighted by Crippen LogP contribution is 2.37. The fourth-order valence-electron chi connectivity index (χ4n) is 9.78. The summed E-state index contributed by atoms with van der Waals surface area (Å²) >= 11 is 0. The van der Waals surface area contributed by atoms with Crippen LogP contribution < -0.4 is 9.64 Å². The molecule has 2 aromatic heterocycles. The van der Waals surface area contributed by atoms with Gasteiger partial charge in [-0.05, 0) is 142 Å². The van der Waals surface area contributed by atoms with E-state index in [2.05, 4.69) is 48.2 Å². The summed E-state index contributed by atoms with van der Waals surface area (Å²) in [6.45, 7) is 8.58. The van der Waals surface area contributed by atoms with Crippen molar-refractivity contribution in [1.29, 1.82) is 0 Å². The van der Waals surface area contributed by atoms with E-state index in [0.29, 0.717) is 49.5 Å². The van der Waals surface area contributed by atoms with Crippen LogP contribution in [0, 0.1) is 12.8 Å². The molecule has 3 aliphatic rings. The Morgan fingerprint density at radius 1 is 0.781 bits per heavy atom. The third-order valence-electron chi connectivity index (χ3n) is 13.8. The molecule has 0 spiro atoms. The second kappa shape index (κ2) is 18.3. The van der Waals surface area contributed by atoms with Gasteiger partial charge >= 0.3 is 0 Å². The number of carbonyl (C=O) groups excluding carboxylic acids is 3. The van der Waals surface area contributed by atoms with Crippen molar-refractivity contribution < 1.29 is 19.1 Å². The zero-order valence-electron chi connectivity index (χ0n) is 37.8. The average Bonchev–Trinajstić information content (AvgIpc) is 3.87. The fraction of sp³-hybridized carbons (Fsp3) is 0.358. The summed E-state index contributed by atoms with van der Waals surface area (Å²) in [5, 5.41) is 4.38. The maximum absolute atomic E-state index is 15.1. The number of piperidine rings is 1. The van der Waals surface area contributed by atoms with Gasteiger partial charge in [0, 0.05) is 74.2 Å². The third kappa shape index (κ3) is 8.86. The van der Waals surface area contributed by atoms with Gasteiger partial charge < -0.3 is 24.0 Å². The van der Waals surface area contributed by atoms with E-state index in [1.807, 2.05) is 114 Å². The monoisotopic (exact) mass is 857 g/mol. The van der Waals surface area contributed by atoms with E-state index >= 15 is 4.79 Å². The number of carbonyl (C=O) groups is 3. The SMILES string of the molecule is Cc1c(C(=O)N(c2ccccc2)c2cnn(C)c2)cc(-c2cc3c(cc2C(=O)N2Cc4ccccc4C[C@H]2C)CN(C(=O)Cc2ccc(OCCC4CCN(C)CC4)cc2)CC3)n1C. The lowest BCUT2D eigenvalue weighted by atomic mass is 9.89. The average molecular weight is 858 g/mol. The highest BCUT2D eigenvalue weighted by molar-refractivity contribution is 6.12. The Kier molecular flexibility index (Phi) is 12.3. The van der Waals surface area contributed by atoms with E-state index < -0.39 is 0 Å². The molecule has 3 amide bonds. The first-order valence-electron chi connectivity index (χ1n) is 22.8. The minimum atomic E-state index is -0.190. The molecule has 5 heterocycles. The Bertz CT molecular complexity index is 2660.